The van der Waals surface area contributed by atoms with Gasteiger partial charge in [-0.1, -0.05) is 147 Å². The second-order valence-corrected chi connectivity index (χ2v) is 41.4. The van der Waals surface area contributed by atoms with Gasteiger partial charge in [0.1, 0.15) is 4.60 Å². The highest BCUT2D eigenvalue weighted by Crippen LogP contribution is 2.39. The van der Waals surface area contributed by atoms with Crippen LogP contribution in [0.3, 0.4) is 0 Å². The van der Waals surface area contributed by atoms with Gasteiger partial charge in [0.25, 0.3) is 0 Å². The molecule has 0 saturated carbocycles. The van der Waals surface area contributed by atoms with Crippen LogP contribution in [0.15, 0.2) is 145 Å². The van der Waals surface area contributed by atoms with Crippen molar-refractivity contribution in [3.05, 3.63) is 168 Å². The second-order valence-electron chi connectivity index (χ2n) is 23.4. The third kappa shape index (κ3) is 16.8. The van der Waals surface area contributed by atoms with Crippen LogP contribution in [0.1, 0.15) is 90.5 Å². The zero-order chi connectivity index (χ0) is 55.9. The summed E-state index contributed by atoms with van der Waals surface area (Å²) in [5.74, 6) is 1.62. The normalized spacial score (nSPS) is 12.9. The van der Waals surface area contributed by atoms with E-state index in [-0.39, 0.29) is 15.1 Å². The third-order valence-corrected chi connectivity index (χ3v) is 29.9. The van der Waals surface area contributed by atoms with Crippen molar-refractivity contribution in [1.82, 2.24) is 34.5 Å². The zero-order valence-electron chi connectivity index (χ0n) is 46.8. The SMILES string of the molecule is Brc1ccc2c(c1)CN=C2.CC(C)(C)[Si](C)(C)OCc1cccc(-n2cc3ccc(Br)cc3n2)n1.CC(C)(C)[Si](C)(C)OCc1cccc(-n2ncc3ccc(Br)cc32)n1.CC(C)(C)[Si](C)(C)OCc1cccc(Br)n1. The van der Waals surface area contributed by atoms with E-state index in [1.807, 2.05) is 119 Å². The Labute approximate surface area is 488 Å². The lowest BCUT2D eigenvalue weighted by Crippen LogP contribution is -2.40. The van der Waals surface area contributed by atoms with Gasteiger partial charge in [0.05, 0.1) is 60.7 Å². The van der Waals surface area contributed by atoms with Crippen molar-refractivity contribution in [2.45, 2.75) is 143 Å². The van der Waals surface area contributed by atoms with Crippen LogP contribution in [0.25, 0.3) is 33.4 Å². The lowest BCUT2D eigenvalue weighted by molar-refractivity contribution is 0.272. The van der Waals surface area contributed by atoms with Crippen LogP contribution < -0.4 is 0 Å². The minimum absolute atomic E-state index is 0.190. The Kier molecular flexibility index (Phi) is 20.6. The minimum atomic E-state index is -1.79. The number of rotatable bonds is 11. The van der Waals surface area contributed by atoms with Crippen LogP contribution in [0, 0.1) is 0 Å². The lowest BCUT2D eigenvalue weighted by Gasteiger charge is -2.36. The molecule has 5 aromatic heterocycles. The largest absolute Gasteiger partial charge is 0.411 e. The van der Waals surface area contributed by atoms with Crippen molar-refractivity contribution >= 4 is 117 Å². The van der Waals surface area contributed by atoms with Crippen LogP contribution in [-0.4, -0.2) is 65.7 Å². The summed E-state index contributed by atoms with van der Waals surface area (Å²) in [5, 5.41) is 11.9. The molecule has 0 fully saturated rings. The van der Waals surface area contributed by atoms with Crippen molar-refractivity contribution in [2.24, 2.45) is 4.99 Å². The molecule has 11 nitrogen and oxygen atoms in total. The van der Waals surface area contributed by atoms with Crippen molar-refractivity contribution in [3.63, 3.8) is 0 Å². The summed E-state index contributed by atoms with van der Waals surface area (Å²) >= 11 is 13.8. The summed E-state index contributed by atoms with van der Waals surface area (Å²) in [7, 11) is -5.24. The molecule has 3 aromatic carbocycles. The fourth-order valence-corrected chi connectivity index (χ4v) is 11.0. The minimum Gasteiger partial charge on any atom is -0.411 e. The average Bonchev–Trinajstić information content (AvgIpc) is 4.11. The Morgan fingerprint density at radius 2 is 1.00 bits per heavy atom. The van der Waals surface area contributed by atoms with Crippen molar-refractivity contribution < 1.29 is 13.3 Å². The molecule has 0 N–H and O–H groups in total. The Morgan fingerprint density at radius 3 is 1.55 bits per heavy atom. The molecule has 8 aromatic rings. The van der Waals surface area contributed by atoms with E-state index < -0.39 is 25.0 Å². The van der Waals surface area contributed by atoms with Crippen LogP contribution in [0.4, 0.5) is 0 Å². The predicted molar refractivity (Wildman–Crippen MR) is 336 cm³/mol. The highest BCUT2D eigenvalue weighted by molar-refractivity contribution is 9.11. The smallest absolute Gasteiger partial charge is 0.192 e. The Balaban J connectivity index is 0.000000173. The summed E-state index contributed by atoms with van der Waals surface area (Å²) in [6.45, 7) is 36.3. The molecule has 18 heteroatoms. The molecule has 1 aliphatic heterocycles. The van der Waals surface area contributed by atoms with Gasteiger partial charge in [0.15, 0.2) is 36.6 Å². The monoisotopic (exact) mass is 1330 g/mol. The number of nitrogens with zero attached hydrogens (tertiary/aromatic N) is 8. The van der Waals surface area contributed by atoms with E-state index in [4.69, 9.17) is 23.2 Å². The predicted octanol–water partition coefficient (Wildman–Crippen LogP) is 18.2. The maximum atomic E-state index is 6.30. The van der Waals surface area contributed by atoms with E-state index in [1.165, 1.54) is 11.1 Å². The van der Waals surface area contributed by atoms with Gasteiger partial charge in [-0.2, -0.15) is 10.2 Å². The Morgan fingerprint density at radius 1 is 0.526 bits per heavy atom. The number of hydrogen-bond acceptors (Lipinski definition) is 9. The molecule has 76 heavy (non-hydrogen) atoms. The molecule has 0 aliphatic carbocycles. The van der Waals surface area contributed by atoms with Crippen LogP contribution in [0.2, 0.25) is 54.4 Å². The summed E-state index contributed by atoms with van der Waals surface area (Å²) in [6.07, 6.45) is 5.78. The Hall–Kier alpha value is -3.83. The van der Waals surface area contributed by atoms with Crippen molar-refractivity contribution in [3.8, 4) is 11.6 Å². The van der Waals surface area contributed by atoms with Gasteiger partial charge in [-0.25, -0.2) is 24.3 Å². The van der Waals surface area contributed by atoms with E-state index in [9.17, 15) is 0 Å². The molecule has 0 unspecified atom stereocenters. The highest BCUT2D eigenvalue weighted by Gasteiger charge is 2.39. The molecule has 0 bridgehead atoms. The van der Waals surface area contributed by atoms with Gasteiger partial charge in [0, 0.05) is 36.6 Å². The lowest BCUT2D eigenvalue weighted by atomic mass is 10.1. The van der Waals surface area contributed by atoms with Gasteiger partial charge in [-0.3, -0.25) is 4.99 Å². The average molecular weight is 1340 g/mol. The molecule has 0 atom stereocenters. The summed E-state index contributed by atoms with van der Waals surface area (Å²) in [6, 6.07) is 36.3. The van der Waals surface area contributed by atoms with E-state index in [0.717, 1.165) is 75.1 Å². The molecule has 1 aliphatic rings. The van der Waals surface area contributed by atoms with Crippen LogP contribution in [0.5, 0.6) is 0 Å². The summed E-state index contributed by atoms with van der Waals surface area (Å²) in [5.41, 5.74) is 7.39. The fraction of sp³-hybridized carbons (Fsp3) is 0.379. The molecule has 0 radical (unpaired) electrons. The fourth-order valence-electron chi connectivity index (χ4n) is 6.64. The summed E-state index contributed by atoms with van der Waals surface area (Å²) < 4.78 is 26.4. The van der Waals surface area contributed by atoms with Gasteiger partial charge in [-0.15, -0.1) is 0 Å². The molecular formula is C58H74Br4N8O3Si3. The zero-order valence-corrected chi connectivity index (χ0v) is 56.1. The molecule has 404 valence electrons. The molecule has 0 spiro atoms. The molecular weight excluding hydrogens is 1260 g/mol. The Bertz CT molecular complexity index is 3260. The quantitative estimate of drug-likeness (QED) is 0.0929. The molecule has 0 saturated heterocycles. The second kappa shape index (κ2) is 25.5. The van der Waals surface area contributed by atoms with Crippen LogP contribution in [-0.2, 0) is 39.6 Å². The first-order valence-electron chi connectivity index (χ1n) is 25.4. The van der Waals surface area contributed by atoms with Gasteiger partial charge < -0.3 is 13.3 Å². The van der Waals surface area contributed by atoms with Gasteiger partial charge in [-0.05, 0) is 154 Å². The topological polar surface area (TPSA) is 114 Å². The maximum Gasteiger partial charge on any atom is 0.192 e. The third-order valence-electron chi connectivity index (χ3n) is 14.6. The summed E-state index contributed by atoms with van der Waals surface area (Å²) in [4.78, 5) is 18.0. The molecule has 9 rings (SSSR count). The number of halogens is 4. The maximum absolute atomic E-state index is 6.30. The highest BCUT2D eigenvalue weighted by atomic mass is 79.9. The van der Waals surface area contributed by atoms with E-state index in [2.05, 4.69) is 204 Å². The first kappa shape index (κ1) is 61.4. The van der Waals surface area contributed by atoms with E-state index >= 15 is 0 Å². The number of aliphatic imine (C=N–C) groups is 1. The standard InChI is InChI=1S/2C19H24BrN3OSi.C12H20BrNOSi.C8H6BrN/c1-19(2,3)25(4,5)24-13-16-7-6-8-18(21-16)23-12-14-9-10-15(20)11-17(14)22-23;1-19(2,3)25(4,5)24-13-16-7-6-8-18(22-16)23-17-11-15(20)10-9-14(17)12-21-23;1-12(2,3)16(4,5)15-9-10-7-6-8-11(13)14-10;9-8-2-1-6-4-10-5-7(6)3-8/h2*6-12H,13H2,1-5H3;6-8H,9H2,1-5H3;1-4H,5H2. The number of benzene rings is 3. The van der Waals surface area contributed by atoms with E-state index in [1.54, 1.807) is 0 Å². The van der Waals surface area contributed by atoms with E-state index in [0.29, 0.717) is 19.8 Å². The number of fused-ring (bicyclic) bond motifs is 3. The number of pyridine rings is 3. The molecule has 6 heterocycles. The first-order chi connectivity index (χ1) is 35.4. The molecule has 0 amide bonds. The van der Waals surface area contributed by atoms with Crippen molar-refractivity contribution in [1.29, 1.82) is 0 Å². The number of hydrogen-bond donors (Lipinski definition) is 0. The first-order valence-corrected chi connectivity index (χ1v) is 37.3. The van der Waals surface area contributed by atoms with Gasteiger partial charge >= 0.3 is 0 Å². The number of aromatic nitrogens is 7. The van der Waals surface area contributed by atoms with Gasteiger partial charge in [0.2, 0.25) is 0 Å². The van der Waals surface area contributed by atoms with Crippen LogP contribution >= 0.6 is 63.7 Å². The van der Waals surface area contributed by atoms with Crippen molar-refractivity contribution in [2.75, 3.05) is 0 Å².